The number of nitrogens with zero attached hydrogens (tertiary/aromatic N) is 3. The van der Waals surface area contributed by atoms with Gasteiger partial charge in [0.25, 0.3) is 0 Å². The van der Waals surface area contributed by atoms with Gasteiger partial charge in [-0.25, -0.2) is 0 Å². The molecular formula is C18H31N5. The molecule has 1 aliphatic heterocycles. The van der Waals surface area contributed by atoms with Gasteiger partial charge in [-0.1, -0.05) is 13.0 Å². The molecule has 0 amide bonds. The average Bonchev–Trinajstić information content (AvgIpc) is 2.56. The maximum absolute atomic E-state index is 4.70. The fourth-order valence-electron chi connectivity index (χ4n) is 2.99. The molecular weight excluding hydrogens is 286 g/mol. The van der Waals surface area contributed by atoms with Crippen molar-refractivity contribution < 1.29 is 0 Å². The third-order valence-corrected chi connectivity index (χ3v) is 4.17. The van der Waals surface area contributed by atoms with Crippen molar-refractivity contribution in [1.29, 1.82) is 0 Å². The summed E-state index contributed by atoms with van der Waals surface area (Å²) < 4.78 is 0. The van der Waals surface area contributed by atoms with E-state index in [2.05, 4.69) is 40.4 Å². The van der Waals surface area contributed by atoms with Gasteiger partial charge in [0.05, 0.1) is 6.54 Å². The lowest BCUT2D eigenvalue weighted by Crippen LogP contribution is -2.40. The summed E-state index contributed by atoms with van der Waals surface area (Å²) in [6.45, 7) is 10.5. The van der Waals surface area contributed by atoms with Crippen LogP contribution in [0.2, 0.25) is 0 Å². The predicted octanol–water partition coefficient (Wildman–Crippen LogP) is 1.91. The fraction of sp³-hybridized carbons (Fsp3) is 0.667. The second-order valence-corrected chi connectivity index (χ2v) is 6.31. The quantitative estimate of drug-likeness (QED) is 0.596. The van der Waals surface area contributed by atoms with Gasteiger partial charge in [-0.15, -0.1) is 0 Å². The van der Waals surface area contributed by atoms with Crippen molar-refractivity contribution >= 4 is 5.96 Å². The molecule has 1 fully saturated rings. The van der Waals surface area contributed by atoms with E-state index in [1.54, 1.807) is 0 Å². The Hall–Kier alpha value is -1.62. The van der Waals surface area contributed by atoms with Gasteiger partial charge >= 0.3 is 0 Å². The van der Waals surface area contributed by atoms with E-state index in [1.807, 2.05) is 18.3 Å². The number of rotatable bonds is 7. The van der Waals surface area contributed by atoms with E-state index in [1.165, 1.54) is 25.9 Å². The second kappa shape index (κ2) is 10.2. The van der Waals surface area contributed by atoms with E-state index < -0.39 is 0 Å². The van der Waals surface area contributed by atoms with Crippen LogP contribution >= 0.6 is 0 Å². The Labute approximate surface area is 140 Å². The molecule has 23 heavy (non-hydrogen) atoms. The van der Waals surface area contributed by atoms with Crippen molar-refractivity contribution in [2.24, 2.45) is 10.9 Å². The van der Waals surface area contributed by atoms with E-state index >= 15 is 0 Å². The summed E-state index contributed by atoms with van der Waals surface area (Å²) in [5.74, 6) is 1.74. The smallest absolute Gasteiger partial charge is 0.191 e. The predicted molar refractivity (Wildman–Crippen MR) is 96.8 cm³/mol. The van der Waals surface area contributed by atoms with Gasteiger partial charge < -0.3 is 15.5 Å². The van der Waals surface area contributed by atoms with Crippen LogP contribution in [0.5, 0.6) is 0 Å². The highest BCUT2D eigenvalue weighted by molar-refractivity contribution is 5.79. The first-order valence-electron chi connectivity index (χ1n) is 8.92. The average molecular weight is 317 g/mol. The van der Waals surface area contributed by atoms with Crippen molar-refractivity contribution in [2.75, 3.05) is 39.3 Å². The minimum Gasteiger partial charge on any atom is -0.357 e. The Morgan fingerprint density at radius 1 is 1.39 bits per heavy atom. The second-order valence-electron chi connectivity index (χ2n) is 6.31. The number of hydrogen-bond acceptors (Lipinski definition) is 3. The van der Waals surface area contributed by atoms with Crippen LogP contribution < -0.4 is 10.6 Å². The van der Waals surface area contributed by atoms with E-state index in [-0.39, 0.29) is 0 Å². The van der Waals surface area contributed by atoms with Crippen molar-refractivity contribution in [3.8, 4) is 0 Å². The number of aromatic nitrogens is 1. The molecule has 0 radical (unpaired) electrons. The van der Waals surface area contributed by atoms with Gasteiger partial charge in [-0.2, -0.15) is 0 Å². The third-order valence-electron chi connectivity index (χ3n) is 4.17. The summed E-state index contributed by atoms with van der Waals surface area (Å²) >= 11 is 0. The first-order chi connectivity index (χ1) is 11.3. The molecule has 2 N–H and O–H groups in total. The van der Waals surface area contributed by atoms with Crippen LogP contribution in [0.4, 0.5) is 0 Å². The molecule has 2 rings (SSSR count). The Morgan fingerprint density at radius 2 is 2.30 bits per heavy atom. The first kappa shape index (κ1) is 17.7. The number of likely N-dealkylation sites (tertiary alicyclic amines) is 1. The highest BCUT2D eigenvalue weighted by Gasteiger charge is 2.15. The van der Waals surface area contributed by atoms with E-state index in [9.17, 15) is 0 Å². The summed E-state index contributed by atoms with van der Waals surface area (Å²) in [5, 5.41) is 6.71. The lowest BCUT2D eigenvalue weighted by atomic mass is 10.0. The van der Waals surface area contributed by atoms with Gasteiger partial charge in [0.15, 0.2) is 5.96 Å². The minimum absolute atomic E-state index is 0.831. The van der Waals surface area contributed by atoms with Crippen molar-refractivity contribution in [2.45, 2.75) is 33.1 Å². The highest BCUT2D eigenvalue weighted by Crippen LogP contribution is 2.14. The molecule has 1 unspecified atom stereocenters. The standard InChI is InChI=1S/C18H31N5/c1-3-19-18(21-11-9-17-8-4-5-10-20-17)22-12-14-23-13-6-7-16(2)15-23/h4-5,8,10,16H,3,6-7,9,11-15H2,1-2H3,(H2,19,21,22). The van der Waals surface area contributed by atoms with Crippen LogP contribution in [-0.2, 0) is 6.42 Å². The molecule has 0 bridgehead atoms. The highest BCUT2D eigenvalue weighted by atomic mass is 15.2. The van der Waals surface area contributed by atoms with Gasteiger partial charge in [0, 0.05) is 44.5 Å². The maximum Gasteiger partial charge on any atom is 0.191 e. The largest absolute Gasteiger partial charge is 0.357 e. The third kappa shape index (κ3) is 6.99. The van der Waals surface area contributed by atoms with Crippen LogP contribution in [0.15, 0.2) is 29.4 Å². The van der Waals surface area contributed by atoms with Crippen molar-refractivity contribution in [1.82, 2.24) is 20.5 Å². The molecule has 5 nitrogen and oxygen atoms in total. The van der Waals surface area contributed by atoms with Crippen LogP contribution in [0.25, 0.3) is 0 Å². The fourth-order valence-corrected chi connectivity index (χ4v) is 2.99. The Balaban J connectivity index is 1.71. The lowest BCUT2D eigenvalue weighted by Gasteiger charge is -2.30. The first-order valence-corrected chi connectivity index (χ1v) is 8.92. The molecule has 1 aromatic heterocycles. The lowest BCUT2D eigenvalue weighted by molar-refractivity contribution is 0.189. The molecule has 0 aromatic carbocycles. The van der Waals surface area contributed by atoms with E-state index in [4.69, 9.17) is 4.99 Å². The Bertz CT molecular complexity index is 460. The molecule has 0 aliphatic carbocycles. The van der Waals surface area contributed by atoms with E-state index in [0.29, 0.717) is 0 Å². The van der Waals surface area contributed by atoms with Gasteiger partial charge in [-0.3, -0.25) is 9.98 Å². The summed E-state index contributed by atoms with van der Waals surface area (Å²) in [6.07, 6.45) is 5.45. The summed E-state index contributed by atoms with van der Waals surface area (Å²) in [5.41, 5.74) is 1.11. The zero-order valence-corrected chi connectivity index (χ0v) is 14.6. The maximum atomic E-state index is 4.70. The van der Waals surface area contributed by atoms with Gasteiger partial charge in [0.1, 0.15) is 0 Å². The van der Waals surface area contributed by atoms with Gasteiger partial charge in [0.2, 0.25) is 0 Å². The van der Waals surface area contributed by atoms with Crippen LogP contribution in [0.3, 0.4) is 0 Å². The molecule has 1 aliphatic rings. The monoisotopic (exact) mass is 317 g/mol. The SMILES string of the molecule is CCNC(=NCCN1CCCC(C)C1)NCCc1ccccn1. The van der Waals surface area contributed by atoms with Crippen LogP contribution in [-0.4, -0.2) is 55.1 Å². The Morgan fingerprint density at radius 3 is 3.04 bits per heavy atom. The van der Waals surface area contributed by atoms with Gasteiger partial charge in [-0.05, 0) is 44.4 Å². The molecule has 1 atom stereocenters. The molecule has 128 valence electrons. The zero-order chi connectivity index (χ0) is 16.3. The molecule has 1 aromatic rings. The van der Waals surface area contributed by atoms with Crippen molar-refractivity contribution in [3.63, 3.8) is 0 Å². The molecule has 5 heteroatoms. The molecule has 0 spiro atoms. The van der Waals surface area contributed by atoms with E-state index in [0.717, 1.165) is 50.2 Å². The molecule has 0 saturated carbocycles. The number of piperidine rings is 1. The normalized spacial score (nSPS) is 19.6. The minimum atomic E-state index is 0.831. The van der Waals surface area contributed by atoms with Crippen molar-refractivity contribution in [3.05, 3.63) is 30.1 Å². The summed E-state index contributed by atoms with van der Waals surface area (Å²) in [7, 11) is 0. The Kier molecular flexibility index (Phi) is 7.87. The summed E-state index contributed by atoms with van der Waals surface area (Å²) in [4.78, 5) is 11.6. The number of guanidine groups is 1. The molecule has 2 heterocycles. The number of aliphatic imine (C=N–C) groups is 1. The summed E-state index contributed by atoms with van der Waals surface area (Å²) in [6, 6.07) is 6.04. The number of hydrogen-bond donors (Lipinski definition) is 2. The number of pyridine rings is 1. The molecule has 1 saturated heterocycles. The zero-order valence-electron chi connectivity index (χ0n) is 14.6. The number of nitrogens with one attached hydrogen (secondary N) is 2. The van der Waals surface area contributed by atoms with Crippen LogP contribution in [0.1, 0.15) is 32.4 Å². The topological polar surface area (TPSA) is 52.6 Å². The van der Waals surface area contributed by atoms with Crippen LogP contribution in [0, 0.1) is 5.92 Å².